The highest BCUT2D eigenvalue weighted by atomic mass is 16.5. The van der Waals surface area contributed by atoms with E-state index in [0.717, 1.165) is 37.6 Å². The van der Waals surface area contributed by atoms with Gasteiger partial charge >= 0.3 is 0 Å². The zero-order valence-electron chi connectivity index (χ0n) is 14.4. The van der Waals surface area contributed by atoms with Crippen molar-refractivity contribution < 1.29 is 9.53 Å². The average molecular weight is 298 g/mol. The molecule has 124 valence electrons. The Labute approximate surface area is 130 Å². The summed E-state index contributed by atoms with van der Waals surface area (Å²) in [6.07, 6.45) is 5.47. The number of hydrogen-bond donors (Lipinski definition) is 2. The molecule has 4 heteroatoms. The number of primary amides is 1. The molecule has 1 fully saturated rings. The number of nitrogens with one attached hydrogen (secondary N) is 1. The molecule has 0 aromatic heterocycles. The predicted octanol–water partition coefficient (Wildman–Crippen LogP) is 2.85. The lowest BCUT2D eigenvalue weighted by atomic mass is 9.80. The van der Waals surface area contributed by atoms with Crippen molar-refractivity contribution in [3.63, 3.8) is 0 Å². The number of rotatable bonds is 8. The second kappa shape index (κ2) is 8.14. The normalized spacial score (nSPS) is 30.6. The molecule has 0 aliphatic heterocycles. The lowest BCUT2D eigenvalue weighted by Gasteiger charge is -2.36. The van der Waals surface area contributed by atoms with Crippen molar-refractivity contribution in [3.05, 3.63) is 0 Å². The standard InChI is InChI=1S/C17H34N2O2/c1-6-9-19-17(5,16(18)20)11-14(4)21-15-8-7-12(2)13(3)10-15/h12-15,19H,6-11H2,1-5H3,(H2,18,20). The summed E-state index contributed by atoms with van der Waals surface area (Å²) in [7, 11) is 0. The number of nitrogens with two attached hydrogens (primary N) is 1. The van der Waals surface area contributed by atoms with E-state index in [1.54, 1.807) is 0 Å². The minimum absolute atomic E-state index is 0.0393. The number of carbonyl (C=O) groups excluding carboxylic acids is 1. The second-order valence-corrected chi connectivity index (χ2v) is 7.16. The van der Waals surface area contributed by atoms with Gasteiger partial charge in [-0.25, -0.2) is 0 Å². The van der Waals surface area contributed by atoms with Crippen LogP contribution in [-0.4, -0.2) is 30.2 Å². The Balaban J connectivity index is 2.50. The molecule has 0 heterocycles. The molecule has 1 aliphatic carbocycles. The van der Waals surface area contributed by atoms with E-state index < -0.39 is 5.54 Å². The van der Waals surface area contributed by atoms with Gasteiger partial charge in [0.1, 0.15) is 0 Å². The molecule has 5 unspecified atom stereocenters. The first-order valence-electron chi connectivity index (χ1n) is 8.49. The van der Waals surface area contributed by atoms with Gasteiger partial charge in [-0.05, 0) is 57.9 Å². The summed E-state index contributed by atoms with van der Waals surface area (Å²) in [5.41, 5.74) is 4.90. The third-order valence-corrected chi connectivity index (χ3v) is 4.98. The molecular formula is C17H34N2O2. The van der Waals surface area contributed by atoms with Crippen molar-refractivity contribution in [3.8, 4) is 0 Å². The van der Waals surface area contributed by atoms with Crippen LogP contribution in [-0.2, 0) is 9.53 Å². The van der Waals surface area contributed by atoms with Gasteiger partial charge in [0.25, 0.3) is 0 Å². The largest absolute Gasteiger partial charge is 0.375 e. The van der Waals surface area contributed by atoms with Gasteiger partial charge in [-0.3, -0.25) is 4.79 Å². The van der Waals surface area contributed by atoms with Crippen LogP contribution < -0.4 is 11.1 Å². The van der Waals surface area contributed by atoms with E-state index >= 15 is 0 Å². The number of hydrogen-bond acceptors (Lipinski definition) is 3. The van der Waals surface area contributed by atoms with Crippen molar-refractivity contribution in [2.24, 2.45) is 17.6 Å². The smallest absolute Gasteiger partial charge is 0.237 e. The minimum Gasteiger partial charge on any atom is -0.375 e. The molecule has 21 heavy (non-hydrogen) atoms. The van der Waals surface area contributed by atoms with E-state index in [4.69, 9.17) is 10.5 Å². The van der Waals surface area contributed by atoms with Gasteiger partial charge in [0, 0.05) is 6.42 Å². The summed E-state index contributed by atoms with van der Waals surface area (Å²) in [5.74, 6) is 1.22. The van der Waals surface area contributed by atoms with Crippen molar-refractivity contribution in [1.82, 2.24) is 5.32 Å². The maximum absolute atomic E-state index is 11.8. The highest BCUT2D eigenvalue weighted by Crippen LogP contribution is 2.32. The van der Waals surface area contributed by atoms with Gasteiger partial charge in [-0.2, -0.15) is 0 Å². The molecule has 5 atom stereocenters. The molecule has 3 N–H and O–H groups in total. The lowest BCUT2D eigenvalue weighted by molar-refractivity contribution is -0.126. The van der Waals surface area contributed by atoms with E-state index in [9.17, 15) is 4.79 Å². The number of carbonyl (C=O) groups is 1. The maximum atomic E-state index is 11.8. The van der Waals surface area contributed by atoms with Crippen molar-refractivity contribution >= 4 is 5.91 Å². The first kappa shape index (κ1) is 18.4. The van der Waals surface area contributed by atoms with Crippen LogP contribution in [0, 0.1) is 11.8 Å². The van der Waals surface area contributed by atoms with Crippen LogP contribution >= 0.6 is 0 Å². The molecule has 1 rings (SSSR count). The molecule has 0 radical (unpaired) electrons. The van der Waals surface area contributed by atoms with E-state index in [1.165, 1.54) is 6.42 Å². The number of amides is 1. The Kier molecular flexibility index (Phi) is 7.14. The third-order valence-electron chi connectivity index (χ3n) is 4.98. The lowest BCUT2D eigenvalue weighted by Crippen LogP contribution is -2.55. The maximum Gasteiger partial charge on any atom is 0.237 e. The van der Waals surface area contributed by atoms with Crippen LogP contribution in [0.5, 0.6) is 0 Å². The third kappa shape index (κ3) is 5.59. The van der Waals surface area contributed by atoms with Crippen molar-refractivity contribution in [1.29, 1.82) is 0 Å². The molecule has 1 aliphatic rings. The minimum atomic E-state index is -0.678. The number of ether oxygens (including phenoxy) is 1. The fourth-order valence-electron chi connectivity index (χ4n) is 3.23. The van der Waals surface area contributed by atoms with Crippen LogP contribution in [0.4, 0.5) is 0 Å². The van der Waals surface area contributed by atoms with Gasteiger partial charge in [-0.1, -0.05) is 20.8 Å². The highest BCUT2D eigenvalue weighted by Gasteiger charge is 2.34. The molecule has 0 aromatic carbocycles. The Hall–Kier alpha value is -0.610. The summed E-state index contributed by atoms with van der Waals surface area (Å²) in [6, 6.07) is 0. The van der Waals surface area contributed by atoms with Crippen LogP contribution in [0.3, 0.4) is 0 Å². The summed E-state index contributed by atoms with van der Waals surface area (Å²) < 4.78 is 6.19. The molecular weight excluding hydrogens is 264 g/mol. The van der Waals surface area contributed by atoms with E-state index in [1.807, 2.05) is 6.92 Å². The summed E-state index contributed by atoms with van der Waals surface area (Å²) in [5, 5.41) is 3.27. The topological polar surface area (TPSA) is 64.3 Å². The average Bonchev–Trinajstić information content (AvgIpc) is 2.40. The SMILES string of the molecule is CCCNC(C)(CC(C)OC1CCC(C)C(C)C1)C(N)=O. The molecule has 0 bridgehead atoms. The summed E-state index contributed by atoms with van der Waals surface area (Å²) >= 11 is 0. The molecule has 4 nitrogen and oxygen atoms in total. The fourth-order valence-corrected chi connectivity index (χ4v) is 3.23. The Bertz CT molecular complexity index is 335. The first-order valence-corrected chi connectivity index (χ1v) is 8.49. The quantitative estimate of drug-likeness (QED) is 0.724. The molecule has 0 aromatic rings. The second-order valence-electron chi connectivity index (χ2n) is 7.16. The van der Waals surface area contributed by atoms with Gasteiger partial charge < -0.3 is 15.8 Å². The molecule has 0 spiro atoms. The Morgan fingerprint density at radius 3 is 2.57 bits per heavy atom. The van der Waals surface area contributed by atoms with E-state index in [-0.39, 0.29) is 12.0 Å². The highest BCUT2D eigenvalue weighted by molar-refractivity contribution is 5.84. The first-order chi connectivity index (χ1) is 9.78. The zero-order chi connectivity index (χ0) is 16.0. The van der Waals surface area contributed by atoms with E-state index in [0.29, 0.717) is 12.5 Å². The Morgan fingerprint density at radius 2 is 2.05 bits per heavy atom. The van der Waals surface area contributed by atoms with Crippen molar-refractivity contribution in [2.75, 3.05) is 6.54 Å². The van der Waals surface area contributed by atoms with Gasteiger partial charge in [0.2, 0.25) is 5.91 Å². The molecule has 0 saturated heterocycles. The van der Waals surface area contributed by atoms with Crippen LogP contribution in [0.15, 0.2) is 0 Å². The van der Waals surface area contributed by atoms with Crippen LogP contribution in [0.1, 0.15) is 66.7 Å². The monoisotopic (exact) mass is 298 g/mol. The van der Waals surface area contributed by atoms with Gasteiger partial charge in [0.05, 0.1) is 17.7 Å². The molecule has 1 saturated carbocycles. The van der Waals surface area contributed by atoms with Crippen molar-refractivity contribution in [2.45, 2.75) is 84.5 Å². The van der Waals surface area contributed by atoms with Gasteiger partial charge in [0.15, 0.2) is 0 Å². The molecule has 1 amide bonds. The fraction of sp³-hybridized carbons (Fsp3) is 0.941. The Morgan fingerprint density at radius 1 is 1.38 bits per heavy atom. The predicted molar refractivity (Wildman–Crippen MR) is 87.0 cm³/mol. The van der Waals surface area contributed by atoms with Gasteiger partial charge in [-0.15, -0.1) is 0 Å². The summed E-state index contributed by atoms with van der Waals surface area (Å²) in [6.45, 7) is 11.4. The van der Waals surface area contributed by atoms with Crippen LogP contribution in [0.2, 0.25) is 0 Å². The summed E-state index contributed by atoms with van der Waals surface area (Å²) in [4.78, 5) is 11.8. The zero-order valence-corrected chi connectivity index (χ0v) is 14.4. The van der Waals surface area contributed by atoms with E-state index in [2.05, 4.69) is 33.0 Å². The van der Waals surface area contributed by atoms with Crippen LogP contribution in [0.25, 0.3) is 0 Å².